The standard InChI is InChI=1S/C12H16O4/c1-14-3-4-16-9-11-5-10(8-13)6-12(7-11)15-2/h5-8H,3-4,9H2,1-2H3. The van der Waals surface area contributed by atoms with E-state index in [1.807, 2.05) is 6.07 Å². The molecule has 0 aromatic heterocycles. The molecule has 0 bridgehead atoms. The van der Waals surface area contributed by atoms with Crippen LogP contribution in [0.15, 0.2) is 18.2 Å². The summed E-state index contributed by atoms with van der Waals surface area (Å²) in [6, 6.07) is 5.31. The van der Waals surface area contributed by atoms with E-state index in [9.17, 15) is 4.79 Å². The number of carbonyl (C=O) groups excluding carboxylic acids is 1. The van der Waals surface area contributed by atoms with Crippen molar-refractivity contribution in [2.24, 2.45) is 0 Å². The summed E-state index contributed by atoms with van der Waals surface area (Å²) in [5.74, 6) is 0.662. The molecule has 16 heavy (non-hydrogen) atoms. The largest absolute Gasteiger partial charge is 0.497 e. The number of aldehydes is 1. The van der Waals surface area contributed by atoms with E-state index < -0.39 is 0 Å². The van der Waals surface area contributed by atoms with Gasteiger partial charge in [-0.05, 0) is 23.8 Å². The second kappa shape index (κ2) is 6.98. The summed E-state index contributed by atoms with van der Waals surface area (Å²) in [5.41, 5.74) is 1.50. The number of carbonyl (C=O) groups is 1. The first-order valence-electron chi connectivity index (χ1n) is 5.00. The van der Waals surface area contributed by atoms with Gasteiger partial charge >= 0.3 is 0 Å². The van der Waals surface area contributed by atoms with Crippen molar-refractivity contribution >= 4 is 6.29 Å². The van der Waals surface area contributed by atoms with E-state index >= 15 is 0 Å². The number of benzene rings is 1. The van der Waals surface area contributed by atoms with Crippen LogP contribution in [-0.4, -0.2) is 33.7 Å². The average molecular weight is 224 g/mol. The lowest BCUT2D eigenvalue weighted by Crippen LogP contribution is -2.02. The van der Waals surface area contributed by atoms with Gasteiger partial charge in [-0.3, -0.25) is 4.79 Å². The van der Waals surface area contributed by atoms with Crippen molar-refractivity contribution in [3.63, 3.8) is 0 Å². The van der Waals surface area contributed by atoms with Gasteiger partial charge in [-0.1, -0.05) is 0 Å². The Morgan fingerprint density at radius 3 is 2.62 bits per heavy atom. The SMILES string of the molecule is COCCOCc1cc(C=O)cc(OC)c1. The number of rotatable bonds is 7. The molecule has 0 saturated heterocycles. The summed E-state index contributed by atoms with van der Waals surface area (Å²) in [4.78, 5) is 10.7. The maximum atomic E-state index is 10.7. The van der Waals surface area contributed by atoms with Gasteiger partial charge in [0, 0.05) is 12.7 Å². The molecule has 0 aliphatic rings. The van der Waals surface area contributed by atoms with Gasteiger partial charge in [0.05, 0.1) is 26.9 Å². The molecule has 0 unspecified atom stereocenters. The van der Waals surface area contributed by atoms with Crippen LogP contribution in [0.5, 0.6) is 5.75 Å². The Morgan fingerprint density at radius 2 is 2.00 bits per heavy atom. The van der Waals surface area contributed by atoms with Crippen LogP contribution in [0.1, 0.15) is 15.9 Å². The first-order valence-corrected chi connectivity index (χ1v) is 5.00. The summed E-state index contributed by atoms with van der Waals surface area (Å²) in [7, 11) is 3.19. The van der Waals surface area contributed by atoms with E-state index in [1.165, 1.54) is 0 Å². The van der Waals surface area contributed by atoms with E-state index in [0.717, 1.165) is 11.8 Å². The van der Waals surface area contributed by atoms with Gasteiger partial charge in [0.15, 0.2) is 0 Å². The number of hydrogen-bond donors (Lipinski definition) is 0. The van der Waals surface area contributed by atoms with Crippen LogP contribution < -0.4 is 4.74 Å². The Bertz CT molecular complexity index is 336. The molecular weight excluding hydrogens is 208 g/mol. The van der Waals surface area contributed by atoms with Crippen molar-refractivity contribution in [1.29, 1.82) is 0 Å². The molecule has 1 rings (SSSR count). The minimum Gasteiger partial charge on any atom is -0.497 e. The lowest BCUT2D eigenvalue weighted by Gasteiger charge is -2.07. The maximum Gasteiger partial charge on any atom is 0.150 e. The molecule has 0 atom stereocenters. The molecule has 88 valence electrons. The molecule has 1 aromatic carbocycles. The minimum atomic E-state index is 0.446. The van der Waals surface area contributed by atoms with Gasteiger partial charge in [-0.15, -0.1) is 0 Å². The molecule has 0 fully saturated rings. The maximum absolute atomic E-state index is 10.7. The molecule has 0 amide bonds. The first-order chi connectivity index (χ1) is 7.80. The predicted molar refractivity (Wildman–Crippen MR) is 59.9 cm³/mol. The zero-order chi connectivity index (χ0) is 11.8. The van der Waals surface area contributed by atoms with Gasteiger partial charge in [-0.25, -0.2) is 0 Å². The minimum absolute atomic E-state index is 0.446. The normalized spacial score (nSPS) is 10.1. The quantitative estimate of drug-likeness (QED) is 0.522. The second-order valence-corrected chi connectivity index (χ2v) is 3.28. The summed E-state index contributed by atoms with van der Waals surface area (Å²) in [5, 5.41) is 0. The van der Waals surface area contributed by atoms with Crippen LogP contribution in [-0.2, 0) is 16.1 Å². The molecule has 4 heteroatoms. The van der Waals surface area contributed by atoms with E-state index in [2.05, 4.69) is 0 Å². The Labute approximate surface area is 95.1 Å². The Kier molecular flexibility index (Phi) is 5.53. The molecule has 0 radical (unpaired) electrons. The van der Waals surface area contributed by atoms with Gasteiger partial charge in [0.1, 0.15) is 12.0 Å². The van der Waals surface area contributed by atoms with Crippen LogP contribution >= 0.6 is 0 Å². The van der Waals surface area contributed by atoms with Crippen molar-refractivity contribution in [2.45, 2.75) is 6.61 Å². The molecule has 4 nitrogen and oxygen atoms in total. The topological polar surface area (TPSA) is 44.8 Å². The zero-order valence-corrected chi connectivity index (χ0v) is 9.56. The highest BCUT2D eigenvalue weighted by atomic mass is 16.5. The second-order valence-electron chi connectivity index (χ2n) is 3.28. The number of hydrogen-bond acceptors (Lipinski definition) is 4. The molecule has 0 heterocycles. The molecule has 1 aromatic rings. The van der Waals surface area contributed by atoms with Crippen LogP contribution in [0.25, 0.3) is 0 Å². The smallest absolute Gasteiger partial charge is 0.150 e. The van der Waals surface area contributed by atoms with Gasteiger partial charge in [0.2, 0.25) is 0 Å². The summed E-state index contributed by atoms with van der Waals surface area (Å²) in [6.07, 6.45) is 0.793. The summed E-state index contributed by atoms with van der Waals surface area (Å²) < 4.78 is 15.3. The van der Waals surface area contributed by atoms with Crippen molar-refractivity contribution < 1.29 is 19.0 Å². The van der Waals surface area contributed by atoms with E-state index in [1.54, 1.807) is 26.4 Å². The van der Waals surface area contributed by atoms with Crippen LogP contribution in [0.4, 0.5) is 0 Å². The summed E-state index contributed by atoms with van der Waals surface area (Å²) >= 11 is 0. The van der Waals surface area contributed by atoms with Crippen molar-refractivity contribution in [1.82, 2.24) is 0 Å². The molecule has 0 saturated carbocycles. The van der Waals surface area contributed by atoms with Crippen molar-refractivity contribution in [3.8, 4) is 5.75 Å². The molecule has 0 spiro atoms. The lowest BCUT2D eigenvalue weighted by molar-refractivity contribution is 0.0616. The monoisotopic (exact) mass is 224 g/mol. The highest BCUT2D eigenvalue weighted by molar-refractivity contribution is 5.76. The van der Waals surface area contributed by atoms with Gasteiger partial charge in [0.25, 0.3) is 0 Å². The molecule has 0 aliphatic heterocycles. The fourth-order valence-corrected chi connectivity index (χ4v) is 1.29. The Hall–Kier alpha value is -1.39. The first kappa shape index (κ1) is 12.7. The lowest BCUT2D eigenvalue weighted by atomic mass is 10.1. The van der Waals surface area contributed by atoms with Crippen LogP contribution in [0.3, 0.4) is 0 Å². The third kappa shape index (κ3) is 4.00. The highest BCUT2D eigenvalue weighted by Gasteiger charge is 2.01. The average Bonchev–Trinajstić information content (AvgIpc) is 2.34. The third-order valence-corrected chi connectivity index (χ3v) is 2.06. The Morgan fingerprint density at radius 1 is 1.19 bits per heavy atom. The van der Waals surface area contributed by atoms with Crippen LogP contribution in [0, 0.1) is 0 Å². The number of ether oxygens (including phenoxy) is 3. The fourth-order valence-electron chi connectivity index (χ4n) is 1.29. The third-order valence-electron chi connectivity index (χ3n) is 2.06. The highest BCUT2D eigenvalue weighted by Crippen LogP contribution is 2.16. The molecule has 0 aliphatic carbocycles. The Balaban J connectivity index is 2.60. The van der Waals surface area contributed by atoms with Crippen molar-refractivity contribution in [3.05, 3.63) is 29.3 Å². The summed E-state index contributed by atoms with van der Waals surface area (Å²) in [6.45, 7) is 1.54. The van der Waals surface area contributed by atoms with Crippen molar-refractivity contribution in [2.75, 3.05) is 27.4 Å². The number of methoxy groups -OCH3 is 2. The van der Waals surface area contributed by atoms with Gasteiger partial charge < -0.3 is 14.2 Å². The van der Waals surface area contributed by atoms with E-state index in [0.29, 0.717) is 31.1 Å². The van der Waals surface area contributed by atoms with Gasteiger partial charge in [-0.2, -0.15) is 0 Å². The molecular formula is C12H16O4. The molecule has 0 N–H and O–H groups in total. The fraction of sp³-hybridized carbons (Fsp3) is 0.417. The van der Waals surface area contributed by atoms with Crippen LogP contribution in [0.2, 0.25) is 0 Å². The zero-order valence-electron chi connectivity index (χ0n) is 9.56. The van der Waals surface area contributed by atoms with E-state index in [4.69, 9.17) is 14.2 Å². The van der Waals surface area contributed by atoms with E-state index in [-0.39, 0.29) is 0 Å². The predicted octanol–water partition coefficient (Wildman–Crippen LogP) is 1.67.